The first kappa shape index (κ1) is 23.2. The molecule has 8 heteroatoms. The van der Waals surface area contributed by atoms with Crippen LogP contribution in [-0.4, -0.2) is 45.2 Å². The Balaban J connectivity index is 1.59. The topological polar surface area (TPSA) is 69.8 Å². The van der Waals surface area contributed by atoms with Gasteiger partial charge in [-0.1, -0.05) is 46.3 Å². The summed E-state index contributed by atoms with van der Waals surface area (Å²) < 4.78 is 18.5. The molecule has 33 heavy (non-hydrogen) atoms. The molecule has 0 aliphatic carbocycles. The third-order valence-electron chi connectivity index (χ3n) is 5.35. The molecule has 0 saturated carbocycles. The number of carbonyl (C=O) groups is 2. The highest BCUT2D eigenvalue weighted by Crippen LogP contribution is 2.38. The zero-order valence-electron chi connectivity index (χ0n) is 19.1. The second kappa shape index (κ2) is 9.09. The Labute approximate surface area is 201 Å². The van der Waals surface area contributed by atoms with Crippen molar-refractivity contribution >= 4 is 38.9 Å². The Kier molecular flexibility index (Phi) is 6.38. The fourth-order valence-electron chi connectivity index (χ4n) is 3.69. The molecule has 174 valence electrons. The van der Waals surface area contributed by atoms with Crippen molar-refractivity contribution in [2.45, 2.75) is 50.5 Å². The number of fused-ring (bicyclic) bond motifs is 1. The Morgan fingerprint density at radius 1 is 1.09 bits per heavy atom. The number of methoxy groups -OCH3 is 1. The SMILES string of the molecule is COC(=O)c1cc(OCc2ccccc2)c2ccn(C[C@H]3[C@H](Br)N3C(=O)OC(C)(C)C)c2c1. The predicted molar refractivity (Wildman–Crippen MR) is 129 cm³/mol. The van der Waals surface area contributed by atoms with E-state index < -0.39 is 11.6 Å². The number of hydrogen-bond donors (Lipinski definition) is 0. The molecule has 1 aliphatic rings. The first-order chi connectivity index (χ1) is 15.7. The molecular weight excluding hydrogens is 488 g/mol. The summed E-state index contributed by atoms with van der Waals surface area (Å²) in [6, 6.07) is 15.2. The Hall–Kier alpha value is -3.00. The lowest BCUT2D eigenvalue weighted by Gasteiger charge is -2.20. The van der Waals surface area contributed by atoms with Crippen molar-refractivity contribution in [1.82, 2.24) is 9.47 Å². The Morgan fingerprint density at radius 2 is 1.82 bits per heavy atom. The van der Waals surface area contributed by atoms with Crippen LogP contribution in [0.2, 0.25) is 0 Å². The van der Waals surface area contributed by atoms with Crippen LogP contribution in [0.3, 0.4) is 0 Å². The highest BCUT2D eigenvalue weighted by molar-refractivity contribution is 9.09. The average molecular weight is 515 g/mol. The number of rotatable bonds is 6. The third kappa shape index (κ3) is 5.16. The van der Waals surface area contributed by atoms with E-state index in [0.29, 0.717) is 24.5 Å². The zero-order chi connectivity index (χ0) is 23.8. The number of hydrogen-bond acceptors (Lipinski definition) is 5. The van der Waals surface area contributed by atoms with Crippen LogP contribution >= 0.6 is 15.9 Å². The Bertz CT molecular complexity index is 1170. The van der Waals surface area contributed by atoms with Crippen molar-refractivity contribution in [1.29, 1.82) is 0 Å². The number of ether oxygens (including phenoxy) is 3. The Morgan fingerprint density at radius 3 is 2.48 bits per heavy atom. The third-order valence-corrected chi connectivity index (χ3v) is 6.40. The molecule has 0 bridgehead atoms. The minimum Gasteiger partial charge on any atom is -0.488 e. The zero-order valence-corrected chi connectivity index (χ0v) is 20.7. The number of aromatic nitrogens is 1. The molecule has 1 amide bonds. The average Bonchev–Trinajstić information content (AvgIpc) is 3.23. The van der Waals surface area contributed by atoms with E-state index in [-0.39, 0.29) is 17.1 Å². The monoisotopic (exact) mass is 514 g/mol. The van der Waals surface area contributed by atoms with Crippen LogP contribution in [0.5, 0.6) is 5.75 Å². The number of halogens is 1. The van der Waals surface area contributed by atoms with E-state index in [4.69, 9.17) is 14.2 Å². The van der Waals surface area contributed by atoms with Gasteiger partial charge in [-0.05, 0) is 44.5 Å². The lowest BCUT2D eigenvalue weighted by molar-refractivity contribution is 0.0401. The van der Waals surface area contributed by atoms with Gasteiger partial charge < -0.3 is 18.8 Å². The quantitative estimate of drug-likeness (QED) is 0.192. The number of esters is 1. The molecule has 1 aliphatic heterocycles. The van der Waals surface area contributed by atoms with Crippen LogP contribution in [0.4, 0.5) is 4.79 Å². The van der Waals surface area contributed by atoms with Crippen molar-refractivity contribution in [3.8, 4) is 5.75 Å². The molecule has 2 aromatic carbocycles. The van der Waals surface area contributed by atoms with Crippen LogP contribution in [0.15, 0.2) is 54.7 Å². The van der Waals surface area contributed by atoms with E-state index >= 15 is 0 Å². The normalized spacial score (nSPS) is 17.7. The molecule has 0 N–H and O–H groups in total. The second-order valence-electron chi connectivity index (χ2n) is 8.97. The van der Waals surface area contributed by atoms with Crippen molar-refractivity contribution in [3.05, 3.63) is 65.9 Å². The summed E-state index contributed by atoms with van der Waals surface area (Å²) in [4.78, 5) is 26.3. The van der Waals surface area contributed by atoms with E-state index in [0.717, 1.165) is 16.5 Å². The molecule has 7 nitrogen and oxygen atoms in total. The maximum Gasteiger partial charge on any atom is 0.411 e. The van der Waals surface area contributed by atoms with Gasteiger partial charge >= 0.3 is 12.1 Å². The van der Waals surface area contributed by atoms with E-state index in [9.17, 15) is 9.59 Å². The van der Waals surface area contributed by atoms with E-state index in [1.54, 1.807) is 17.0 Å². The molecule has 1 saturated heterocycles. The smallest absolute Gasteiger partial charge is 0.411 e. The largest absolute Gasteiger partial charge is 0.488 e. The van der Waals surface area contributed by atoms with Crippen LogP contribution in [0.1, 0.15) is 36.7 Å². The van der Waals surface area contributed by atoms with Crippen molar-refractivity contribution in [3.63, 3.8) is 0 Å². The highest BCUT2D eigenvalue weighted by Gasteiger charge is 2.51. The summed E-state index contributed by atoms with van der Waals surface area (Å²) in [6.07, 6.45) is 1.58. The number of alkyl halides is 1. The van der Waals surface area contributed by atoms with Gasteiger partial charge in [0.1, 0.15) is 22.9 Å². The minimum absolute atomic E-state index is 0.0640. The van der Waals surface area contributed by atoms with E-state index in [1.807, 2.05) is 67.9 Å². The molecule has 2 atom stereocenters. The lowest BCUT2D eigenvalue weighted by Crippen LogP contribution is -2.28. The summed E-state index contributed by atoms with van der Waals surface area (Å²) in [5, 5.41) is 0.883. The summed E-state index contributed by atoms with van der Waals surface area (Å²) in [7, 11) is 1.36. The summed E-state index contributed by atoms with van der Waals surface area (Å²) in [5.41, 5.74) is 1.71. The number of benzene rings is 2. The molecule has 2 heterocycles. The number of amides is 1. The highest BCUT2D eigenvalue weighted by atomic mass is 79.9. The maximum absolute atomic E-state index is 12.5. The van der Waals surface area contributed by atoms with Crippen LogP contribution in [0, 0.1) is 0 Å². The maximum atomic E-state index is 12.5. The van der Waals surface area contributed by atoms with Gasteiger partial charge in [0.2, 0.25) is 0 Å². The predicted octanol–water partition coefficient (Wildman–Crippen LogP) is 5.35. The van der Waals surface area contributed by atoms with Crippen LogP contribution in [-0.2, 0) is 22.6 Å². The standard InChI is InChI=1S/C25H27BrN2O5/c1-25(2,3)33-24(30)28-20(22(28)26)14-27-11-10-18-19(27)12-17(23(29)31-4)13-21(18)32-15-16-8-6-5-7-9-16/h5-13,20,22H,14-15H2,1-4H3/t20-,22+,28?/m0/s1. The van der Waals surface area contributed by atoms with Crippen molar-refractivity contribution < 1.29 is 23.8 Å². The fourth-order valence-corrected chi connectivity index (χ4v) is 4.44. The molecule has 0 radical (unpaired) electrons. The fraction of sp³-hybridized carbons (Fsp3) is 0.360. The summed E-state index contributed by atoms with van der Waals surface area (Å²) in [6.45, 7) is 6.46. The van der Waals surface area contributed by atoms with Crippen LogP contribution in [0.25, 0.3) is 10.9 Å². The van der Waals surface area contributed by atoms with Gasteiger partial charge in [-0.15, -0.1) is 0 Å². The van der Waals surface area contributed by atoms with E-state index in [2.05, 4.69) is 15.9 Å². The van der Waals surface area contributed by atoms with Gasteiger partial charge in [-0.25, -0.2) is 9.59 Å². The van der Waals surface area contributed by atoms with Crippen LogP contribution < -0.4 is 4.74 Å². The first-order valence-electron chi connectivity index (χ1n) is 10.7. The first-order valence-corrected chi connectivity index (χ1v) is 11.6. The molecule has 4 rings (SSSR count). The van der Waals surface area contributed by atoms with Gasteiger partial charge in [0.15, 0.2) is 0 Å². The summed E-state index contributed by atoms with van der Waals surface area (Å²) in [5.74, 6) is 0.167. The van der Waals surface area contributed by atoms with Gasteiger partial charge in [0.05, 0.1) is 24.2 Å². The molecule has 3 aromatic rings. The molecule has 0 unspecified atom stereocenters. The molecule has 1 fully saturated rings. The van der Waals surface area contributed by atoms with Gasteiger partial charge in [-0.2, -0.15) is 0 Å². The molecule has 1 aromatic heterocycles. The number of carbonyl (C=O) groups excluding carboxylic acids is 2. The van der Waals surface area contributed by atoms with Gasteiger partial charge in [-0.3, -0.25) is 4.90 Å². The van der Waals surface area contributed by atoms with Gasteiger partial charge in [0, 0.05) is 18.1 Å². The van der Waals surface area contributed by atoms with Crippen molar-refractivity contribution in [2.24, 2.45) is 0 Å². The second-order valence-corrected chi connectivity index (χ2v) is 9.91. The molecular formula is C25H27BrN2O5. The summed E-state index contributed by atoms with van der Waals surface area (Å²) >= 11 is 3.56. The van der Waals surface area contributed by atoms with Crippen molar-refractivity contribution in [2.75, 3.05) is 7.11 Å². The minimum atomic E-state index is -0.558. The van der Waals surface area contributed by atoms with Gasteiger partial charge in [0.25, 0.3) is 0 Å². The number of nitrogens with zero attached hydrogens (tertiary/aromatic N) is 2. The lowest BCUT2D eigenvalue weighted by atomic mass is 10.1. The molecule has 0 spiro atoms. The van der Waals surface area contributed by atoms with E-state index in [1.165, 1.54) is 7.11 Å².